The van der Waals surface area contributed by atoms with Gasteiger partial charge in [-0.05, 0) is 45.4 Å². The molecule has 2 aliphatic carbocycles. The number of rotatable bonds is 8. The second-order valence-corrected chi connectivity index (χ2v) is 7.37. The number of hydrogen-bond acceptors (Lipinski definition) is 5. The van der Waals surface area contributed by atoms with E-state index in [0.29, 0.717) is 12.5 Å². The molecule has 0 saturated heterocycles. The average molecular weight is 308 g/mol. The Labute approximate surface area is 130 Å². The van der Waals surface area contributed by atoms with Gasteiger partial charge in [0.1, 0.15) is 0 Å². The van der Waals surface area contributed by atoms with E-state index in [9.17, 15) is 4.79 Å². The van der Waals surface area contributed by atoms with Crippen molar-refractivity contribution in [1.29, 1.82) is 0 Å². The Hall–Kier alpha value is -1.07. The van der Waals surface area contributed by atoms with Crippen LogP contribution in [0.25, 0.3) is 0 Å². The van der Waals surface area contributed by atoms with E-state index in [1.54, 1.807) is 11.3 Å². The van der Waals surface area contributed by atoms with Crippen molar-refractivity contribution in [2.45, 2.75) is 51.6 Å². The molecule has 2 fully saturated rings. The van der Waals surface area contributed by atoms with Crippen LogP contribution in [0, 0.1) is 5.92 Å². The van der Waals surface area contributed by atoms with Gasteiger partial charge >= 0.3 is 0 Å². The van der Waals surface area contributed by atoms with E-state index in [2.05, 4.69) is 5.32 Å². The second-order valence-electron chi connectivity index (χ2n) is 6.35. The molecule has 0 radical (unpaired) electrons. The molecule has 3 rings (SSSR count). The topological polar surface area (TPSA) is 64.3 Å². The number of nitrogens with two attached hydrogens (primary N) is 1. The maximum Gasteiger partial charge on any atom is 0.178 e. The average Bonchev–Trinajstić information content (AvgIpc) is 3.32. The van der Waals surface area contributed by atoms with Crippen LogP contribution in [-0.2, 0) is 4.74 Å². The normalized spacial score (nSPS) is 18.2. The molecule has 1 aromatic rings. The highest BCUT2D eigenvalue weighted by molar-refractivity contribution is 7.18. The van der Waals surface area contributed by atoms with Gasteiger partial charge in [-0.3, -0.25) is 4.79 Å². The molecule has 116 valence electrons. The van der Waals surface area contributed by atoms with Gasteiger partial charge in [0.2, 0.25) is 0 Å². The fourth-order valence-electron chi connectivity index (χ4n) is 2.54. The third-order valence-electron chi connectivity index (χ3n) is 3.98. The lowest BCUT2D eigenvalue weighted by molar-refractivity contribution is 0.0871. The lowest BCUT2D eigenvalue weighted by Crippen LogP contribution is -2.13. The van der Waals surface area contributed by atoms with Crippen molar-refractivity contribution in [2.24, 2.45) is 5.92 Å². The van der Waals surface area contributed by atoms with Crippen LogP contribution in [0.1, 0.15) is 60.7 Å². The van der Waals surface area contributed by atoms with Crippen LogP contribution in [0.15, 0.2) is 0 Å². The third-order valence-corrected chi connectivity index (χ3v) is 5.17. The van der Waals surface area contributed by atoms with Crippen molar-refractivity contribution < 1.29 is 9.53 Å². The Morgan fingerprint density at radius 2 is 2.10 bits per heavy atom. The summed E-state index contributed by atoms with van der Waals surface area (Å²) in [4.78, 5) is 13.1. The van der Waals surface area contributed by atoms with Crippen molar-refractivity contribution in [3.63, 3.8) is 0 Å². The zero-order valence-corrected chi connectivity index (χ0v) is 13.6. The summed E-state index contributed by atoms with van der Waals surface area (Å²) in [6, 6.07) is 0. The van der Waals surface area contributed by atoms with Gasteiger partial charge in [0.25, 0.3) is 0 Å². The molecule has 1 aromatic heterocycles. The number of carbonyl (C=O) groups is 1. The van der Waals surface area contributed by atoms with E-state index in [-0.39, 0.29) is 17.8 Å². The number of anilines is 2. The van der Waals surface area contributed by atoms with Crippen molar-refractivity contribution >= 4 is 27.8 Å². The summed E-state index contributed by atoms with van der Waals surface area (Å²) in [5.74, 6) is 1.04. The monoisotopic (exact) mass is 308 g/mol. The Morgan fingerprint density at radius 3 is 2.67 bits per heavy atom. The lowest BCUT2D eigenvalue weighted by Gasteiger charge is -2.10. The largest absolute Gasteiger partial charge is 0.397 e. The van der Waals surface area contributed by atoms with Crippen molar-refractivity contribution in [3.8, 4) is 0 Å². The summed E-state index contributed by atoms with van der Waals surface area (Å²) >= 11 is 1.55. The van der Waals surface area contributed by atoms with Gasteiger partial charge < -0.3 is 15.8 Å². The molecule has 0 bridgehead atoms. The first-order valence-corrected chi connectivity index (χ1v) is 8.71. The number of nitrogen functional groups attached to an aromatic ring is 1. The molecule has 3 N–H and O–H groups in total. The summed E-state index contributed by atoms with van der Waals surface area (Å²) in [6.45, 7) is 5.50. The van der Waals surface area contributed by atoms with E-state index in [1.807, 2.05) is 13.8 Å². The molecule has 0 unspecified atom stereocenters. The standard InChI is InChI=1S/C16H24N2O2S/c1-9(2)20-8-7-18-16-12(10-3-4-10)13(17)15(21-16)14(19)11-5-6-11/h9-11,18H,3-8,17H2,1-2H3. The maximum absolute atomic E-state index is 12.3. The van der Waals surface area contributed by atoms with Gasteiger partial charge in [-0.25, -0.2) is 0 Å². The number of thiophene rings is 1. The number of ether oxygens (including phenoxy) is 1. The van der Waals surface area contributed by atoms with Crippen LogP contribution in [0.4, 0.5) is 10.7 Å². The molecule has 2 aliphatic rings. The fraction of sp³-hybridized carbons (Fsp3) is 0.688. The summed E-state index contributed by atoms with van der Waals surface area (Å²) in [5, 5.41) is 4.52. The van der Waals surface area contributed by atoms with E-state index in [4.69, 9.17) is 10.5 Å². The molecule has 0 aliphatic heterocycles. The SMILES string of the molecule is CC(C)OCCNc1sc(C(=O)C2CC2)c(N)c1C1CC1. The first kappa shape index (κ1) is 14.9. The van der Waals surface area contributed by atoms with Gasteiger partial charge in [0, 0.05) is 18.0 Å². The molecule has 0 amide bonds. The number of carbonyl (C=O) groups excluding carboxylic acids is 1. The maximum atomic E-state index is 12.3. The van der Waals surface area contributed by atoms with E-state index in [0.717, 1.165) is 35.0 Å². The predicted molar refractivity (Wildman–Crippen MR) is 87.3 cm³/mol. The van der Waals surface area contributed by atoms with Gasteiger partial charge in [0.15, 0.2) is 5.78 Å². The molecule has 2 saturated carbocycles. The highest BCUT2D eigenvalue weighted by Gasteiger charge is 2.37. The molecule has 0 spiro atoms. The molecule has 0 aromatic carbocycles. The number of nitrogens with one attached hydrogen (secondary N) is 1. The minimum atomic E-state index is 0.232. The van der Waals surface area contributed by atoms with E-state index < -0.39 is 0 Å². The third kappa shape index (κ3) is 3.40. The molecular weight excluding hydrogens is 284 g/mol. The predicted octanol–water partition coefficient (Wildman–Crippen LogP) is 3.64. The van der Waals surface area contributed by atoms with Crippen LogP contribution in [0.5, 0.6) is 0 Å². The number of Topliss-reactive ketones (excluding diaryl/α,β-unsaturated/α-hetero) is 1. The molecular formula is C16H24N2O2S. The summed E-state index contributed by atoms with van der Waals surface area (Å²) in [5.41, 5.74) is 8.21. The molecule has 4 nitrogen and oxygen atoms in total. The van der Waals surface area contributed by atoms with Crippen molar-refractivity contribution in [2.75, 3.05) is 24.2 Å². The van der Waals surface area contributed by atoms with Gasteiger partial charge in [-0.1, -0.05) is 0 Å². The van der Waals surface area contributed by atoms with Gasteiger partial charge in [-0.15, -0.1) is 11.3 Å². The first-order chi connectivity index (χ1) is 10.1. The summed E-state index contributed by atoms with van der Waals surface area (Å²) < 4.78 is 5.56. The first-order valence-electron chi connectivity index (χ1n) is 7.89. The lowest BCUT2D eigenvalue weighted by atomic mass is 10.1. The molecule has 5 heteroatoms. The fourth-order valence-corrected chi connectivity index (χ4v) is 3.79. The van der Waals surface area contributed by atoms with E-state index in [1.165, 1.54) is 18.4 Å². The number of hydrogen-bond donors (Lipinski definition) is 2. The summed E-state index contributed by atoms with van der Waals surface area (Å²) in [6.07, 6.45) is 4.68. The Balaban J connectivity index is 1.72. The van der Waals surface area contributed by atoms with Crippen LogP contribution in [-0.4, -0.2) is 25.0 Å². The van der Waals surface area contributed by atoms with Gasteiger partial charge in [0.05, 0.1) is 28.3 Å². The zero-order valence-electron chi connectivity index (χ0n) is 12.8. The molecule has 0 atom stereocenters. The van der Waals surface area contributed by atoms with Crippen LogP contribution >= 0.6 is 11.3 Å². The minimum absolute atomic E-state index is 0.232. The smallest absolute Gasteiger partial charge is 0.178 e. The number of ketones is 1. The van der Waals surface area contributed by atoms with Crippen molar-refractivity contribution in [1.82, 2.24) is 0 Å². The summed E-state index contributed by atoms with van der Waals surface area (Å²) in [7, 11) is 0. The molecule has 1 heterocycles. The van der Waals surface area contributed by atoms with Crippen molar-refractivity contribution in [3.05, 3.63) is 10.4 Å². The quantitative estimate of drug-likeness (QED) is 0.568. The van der Waals surface area contributed by atoms with Crippen LogP contribution in [0.3, 0.4) is 0 Å². The van der Waals surface area contributed by atoms with Crippen LogP contribution < -0.4 is 11.1 Å². The minimum Gasteiger partial charge on any atom is -0.397 e. The Bertz CT molecular complexity index is 531. The second kappa shape index (κ2) is 5.97. The Morgan fingerprint density at radius 1 is 1.38 bits per heavy atom. The Kier molecular flexibility index (Phi) is 4.22. The van der Waals surface area contributed by atoms with Gasteiger partial charge in [-0.2, -0.15) is 0 Å². The van der Waals surface area contributed by atoms with E-state index >= 15 is 0 Å². The highest BCUT2D eigenvalue weighted by Crippen LogP contribution is 2.52. The zero-order chi connectivity index (χ0) is 15.0. The van der Waals surface area contributed by atoms with Crippen LogP contribution in [0.2, 0.25) is 0 Å². The highest BCUT2D eigenvalue weighted by atomic mass is 32.1. The molecule has 21 heavy (non-hydrogen) atoms.